The number of nitrogens with one attached hydrogen (secondary N) is 1. The first kappa shape index (κ1) is 17.3. The van der Waals surface area contributed by atoms with Gasteiger partial charge in [-0.25, -0.2) is 0 Å². The van der Waals surface area contributed by atoms with Gasteiger partial charge in [0.2, 0.25) is 0 Å². The second-order valence-electron chi connectivity index (χ2n) is 5.48. The summed E-state index contributed by atoms with van der Waals surface area (Å²) in [4.78, 5) is 12.2. The number of benzene rings is 2. The Morgan fingerprint density at radius 1 is 1.17 bits per heavy atom. The van der Waals surface area contributed by atoms with Crippen molar-refractivity contribution < 1.29 is 9.53 Å². The van der Waals surface area contributed by atoms with Crippen LogP contribution in [-0.2, 0) is 6.54 Å². The van der Waals surface area contributed by atoms with E-state index in [1.165, 1.54) is 5.56 Å². The summed E-state index contributed by atoms with van der Waals surface area (Å²) < 4.78 is 5.65. The van der Waals surface area contributed by atoms with Gasteiger partial charge in [0.25, 0.3) is 5.91 Å². The van der Waals surface area contributed by atoms with Crippen molar-refractivity contribution >= 4 is 18.3 Å². The highest BCUT2D eigenvalue weighted by Gasteiger charge is 2.21. The number of hydrogen-bond acceptors (Lipinski definition) is 3. The number of nitrogens with two attached hydrogens (primary N) is 1. The number of fused-ring (bicyclic) bond motifs is 1. The van der Waals surface area contributed by atoms with Gasteiger partial charge in [0, 0.05) is 24.6 Å². The topological polar surface area (TPSA) is 64.4 Å². The minimum absolute atomic E-state index is 0. The molecule has 0 spiro atoms. The minimum Gasteiger partial charge on any atom is -0.493 e. The van der Waals surface area contributed by atoms with Crippen molar-refractivity contribution in [2.24, 2.45) is 5.73 Å². The van der Waals surface area contributed by atoms with Crippen LogP contribution in [0, 0.1) is 0 Å². The number of para-hydroxylation sites is 1. The number of carbonyl (C=O) groups is 1. The highest BCUT2D eigenvalue weighted by molar-refractivity contribution is 5.94. The molecule has 1 unspecified atom stereocenters. The van der Waals surface area contributed by atoms with Gasteiger partial charge >= 0.3 is 0 Å². The summed E-state index contributed by atoms with van der Waals surface area (Å²) in [7, 11) is 0. The van der Waals surface area contributed by atoms with E-state index in [0.717, 1.165) is 17.7 Å². The maximum absolute atomic E-state index is 12.2. The summed E-state index contributed by atoms with van der Waals surface area (Å²) in [6, 6.07) is 15.4. The quantitative estimate of drug-likeness (QED) is 0.905. The summed E-state index contributed by atoms with van der Waals surface area (Å²) in [6.45, 7) is 1.81. The van der Waals surface area contributed by atoms with E-state index in [-0.39, 0.29) is 18.3 Å². The first-order chi connectivity index (χ1) is 10.8. The predicted octanol–water partition coefficient (Wildman–Crippen LogP) is 2.86. The smallest absolute Gasteiger partial charge is 0.251 e. The Kier molecular flexibility index (Phi) is 6.02. The Labute approximate surface area is 142 Å². The van der Waals surface area contributed by atoms with Gasteiger partial charge in [0.1, 0.15) is 5.75 Å². The zero-order valence-corrected chi connectivity index (χ0v) is 13.6. The molecule has 0 bridgehead atoms. The average molecular weight is 333 g/mol. The minimum atomic E-state index is -0.0486. The Morgan fingerprint density at radius 2 is 1.91 bits per heavy atom. The van der Waals surface area contributed by atoms with E-state index >= 15 is 0 Å². The molecule has 1 atom stereocenters. The largest absolute Gasteiger partial charge is 0.493 e. The third-order valence-corrected chi connectivity index (χ3v) is 4.04. The summed E-state index contributed by atoms with van der Waals surface area (Å²) in [5.74, 6) is 1.19. The fraction of sp³-hybridized carbons (Fsp3) is 0.278. The standard InChI is InChI=1S/C18H20N2O2.ClH/c19-11-13-5-7-14(8-6-13)18(21)20-12-15-9-10-22-17-4-2-1-3-16(15)17;/h1-8,15H,9-12,19H2,(H,20,21);1H. The van der Waals surface area contributed by atoms with E-state index in [1.807, 2.05) is 42.5 Å². The number of hydrogen-bond donors (Lipinski definition) is 2. The molecule has 23 heavy (non-hydrogen) atoms. The van der Waals surface area contributed by atoms with E-state index in [1.54, 1.807) is 0 Å². The van der Waals surface area contributed by atoms with Crippen molar-refractivity contribution in [3.8, 4) is 5.75 Å². The molecule has 1 aliphatic rings. The molecule has 5 heteroatoms. The van der Waals surface area contributed by atoms with E-state index < -0.39 is 0 Å². The summed E-state index contributed by atoms with van der Waals surface area (Å²) in [5.41, 5.74) is 8.43. The summed E-state index contributed by atoms with van der Waals surface area (Å²) >= 11 is 0. The summed E-state index contributed by atoms with van der Waals surface area (Å²) in [5, 5.41) is 3.02. The number of carbonyl (C=O) groups excluding carboxylic acids is 1. The van der Waals surface area contributed by atoms with Crippen molar-refractivity contribution in [1.82, 2.24) is 5.32 Å². The van der Waals surface area contributed by atoms with Crippen LogP contribution in [0.5, 0.6) is 5.75 Å². The fourth-order valence-corrected chi connectivity index (χ4v) is 2.74. The molecule has 122 valence electrons. The number of halogens is 1. The first-order valence-electron chi connectivity index (χ1n) is 7.57. The monoisotopic (exact) mass is 332 g/mol. The first-order valence-corrected chi connectivity index (χ1v) is 7.57. The Morgan fingerprint density at radius 3 is 2.65 bits per heavy atom. The molecule has 0 aliphatic carbocycles. The van der Waals surface area contributed by atoms with Crippen molar-refractivity contribution in [2.75, 3.05) is 13.2 Å². The molecule has 0 aromatic heterocycles. The van der Waals surface area contributed by atoms with Gasteiger partial charge in [0.15, 0.2) is 0 Å². The molecule has 1 heterocycles. The van der Waals surface area contributed by atoms with E-state index in [9.17, 15) is 4.79 Å². The SMILES string of the molecule is Cl.NCc1ccc(C(=O)NCC2CCOc3ccccc32)cc1. The van der Waals surface area contributed by atoms with Crippen molar-refractivity contribution in [3.63, 3.8) is 0 Å². The van der Waals surface area contributed by atoms with Crippen LogP contribution in [0.2, 0.25) is 0 Å². The van der Waals surface area contributed by atoms with Gasteiger partial charge in [-0.3, -0.25) is 4.79 Å². The lowest BCUT2D eigenvalue weighted by Gasteiger charge is -2.26. The van der Waals surface area contributed by atoms with Crippen molar-refractivity contribution in [2.45, 2.75) is 18.9 Å². The molecule has 0 saturated carbocycles. The molecule has 3 N–H and O–H groups in total. The molecule has 2 aromatic carbocycles. The number of amides is 1. The van der Waals surface area contributed by atoms with Gasteiger partial charge < -0.3 is 15.8 Å². The van der Waals surface area contributed by atoms with Crippen LogP contribution in [0.4, 0.5) is 0 Å². The van der Waals surface area contributed by atoms with E-state index in [0.29, 0.717) is 31.2 Å². The van der Waals surface area contributed by atoms with Crippen LogP contribution in [-0.4, -0.2) is 19.1 Å². The second kappa shape index (κ2) is 7.99. The van der Waals surface area contributed by atoms with Crippen LogP contribution < -0.4 is 15.8 Å². The van der Waals surface area contributed by atoms with Gasteiger partial charge in [-0.1, -0.05) is 30.3 Å². The zero-order valence-electron chi connectivity index (χ0n) is 12.8. The highest BCUT2D eigenvalue weighted by Crippen LogP contribution is 2.32. The Hall–Kier alpha value is -2.04. The lowest BCUT2D eigenvalue weighted by atomic mass is 9.93. The lowest BCUT2D eigenvalue weighted by molar-refractivity contribution is 0.0948. The molecular formula is C18H21ClN2O2. The molecule has 0 radical (unpaired) electrons. The maximum Gasteiger partial charge on any atom is 0.251 e. The lowest BCUT2D eigenvalue weighted by Crippen LogP contribution is -2.30. The Bertz CT molecular complexity index is 658. The third kappa shape index (κ3) is 4.03. The maximum atomic E-state index is 12.2. The van der Waals surface area contributed by atoms with Crippen LogP contribution in [0.15, 0.2) is 48.5 Å². The summed E-state index contributed by atoms with van der Waals surface area (Å²) in [6.07, 6.45) is 0.920. The molecule has 4 nitrogen and oxygen atoms in total. The van der Waals surface area contributed by atoms with Crippen LogP contribution in [0.25, 0.3) is 0 Å². The highest BCUT2D eigenvalue weighted by atomic mass is 35.5. The van der Waals surface area contributed by atoms with Crippen LogP contribution >= 0.6 is 12.4 Å². The van der Waals surface area contributed by atoms with Gasteiger partial charge in [-0.2, -0.15) is 0 Å². The zero-order chi connectivity index (χ0) is 15.4. The second-order valence-corrected chi connectivity index (χ2v) is 5.48. The van der Waals surface area contributed by atoms with Crippen molar-refractivity contribution in [1.29, 1.82) is 0 Å². The molecule has 1 aliphatic heterocycles. The Balaban J connectivity index is 0.00000192. The normalized spacial score (nSPS) is 15.8. The molecule has 0 saturated heterocycles. The molecule has 3 rings (SSSR count). The van der Waals surface area contributed by atoms with Gasteiger partial charge in [0.05, 0.1) is 6.61 Å². The molecule has 1 amide bonds. The van der Waals surface area contributed by atoms with Crippen LogP contribution in [0.3, 0.4) is 0 Å². The third-order valence-electron chi connectivity index (χ3n) is 4.04. The average Bonchev–Trinajstić information content (AvgIpc) is 2.59. The molecular weight excluding hydrogens is 312 g/mol. The fourth-order valence-electron chi connectivity index (χ4n) is 2.74. The van der Waals surface area contributed by atoms with Crippen LogP contribution in [0.1, 0.15) is 33.8 Å². The van der Waals surface area contributed by atoms with E-state index in [2.05, 4.69) is 11.4 Å². The number of rotatable bonds is 4. The van der Waals surface area contributed by atoms with Gasteiger partial charge in [-0.05, 0) is 35.7 Å². The van der Waals surface area contributed by atoms with Crippen molar-refractivity contribution in [3.05, 3.63) is 65.2 Å². The molecule has 0 fully saturated rings. The van der Waals surface area contributed by atoms with Gasteiger partial charge in [-0.15, -0.1) is 12.4 Å². The molecule has 2 aromatic rings. The van der Waals surface area contributed by atoms with E-state index in [4.69, 9.17) is 10.5 Å². The predicted molar refractivity (Wildman–Crippen MR) is 93.2 cm³/mol. The number of ether oxygens (including phenoxy) is 1.